The second kappa shape index (κ2) is 6.05. The van der Waals surface area contributed by atoms with Gasteiger partial charge in [-0.1, -0.05) is 0 Å². The molecule has 1 aromatic carbocycles. The van der Waals surface area contributed by atoms with Gasteiger partial charge in [0, 0.05) is 16.4 Å². The fraction of sp³-hybridized carbons (Fsp3) is 0.385. The Labute approximate surface area is 128 Å². The zero-order chi connectivity index (χ0) is 16.4. The van der Waals surface area contributed by atoms with Gasteiger partial charge in [0.1, 0.15) is 0 Å². The van der Waals surface area contributed by atoms with Gasteiger partial charge in [-0.2, -0.15) is 13.2 Å². The van der Waals surface area contributed by atoms with E-state index in [0.29, 0.717) is 0 Å². The maximum atomic E-state index is 12.7. The van der Waals surface area contributed by atoms with Crippen molar-refractivity contribution in [2.24, 2.45) is 5.73 Å². The summed E-state index contributed by atoms with van der Waals surface area (Å²) in [6.45, 7) is 3.11. The van der Waals surface area contributed by atoms with E-state index in [4.69, 9.17) is 5.73 Å². The SMILES string of the molecule is CC(C)(CC(N)=O)NC(=O)c1cc(C(F)(F)F)ccc1Br. The van der Waals surface area contributed by atoms with Crippen LogP contribution in [-0.2, 0) is 11.0 Å². The molecule has 0 unspecified atom stereocenters. The van der Waals surface area contributed by atoms with Crippen LogP contribution in [0.4, 0.5) is 13.2 Å². The summed E-state index contributed by atoms with van der Waals surface area (Å²) in [4.78, 5) is 23.0. The molecule has 0 aromatic heterocycles. The largest absolute Gasteiger partial charge is 0.416 e. The van der Waals surface area contributed by atoms with Crippen molar-refractivity contribution in [2.45, 2.75) is 32.0 Å². The molecule has 8 heteroatoms. The first-order chi connectivity index (χ1) is 9.42. The zero-order valence-electron chi connectivity index (χ0n) is 11.3. The molecule has 0 saturated carbocycles. The van der Waals surface area contributed by atoms with E-state index in [1.807, 2.05) is 0 Å². The zero-order valence-corrected chi connectivity index (χ0v) is 12.9. The standard InChI is InChI=1S/C13H14BrF3N2O2/c1-12(2,6-10(18)20)19-11(21)8-5-7(13(15,16)17)3-4-9(8)14/h3-5H,6H2,1-2H3,(H2,18,20)(H,19,21). The number of amides is 2. The molecule has 3 N–H and O–H groups in total. The van der Waals surface area contributed by atoms with Crippen molar-refractivity contribution in [3.05, 3.63) is 33.8 Å². The van der Waals surface area contributed by atoms with Gasteiger partial charge in [0.25, 0.3) is 5.91 Å². The second-order valence-corrected chi connectivity index (χ2v) is 6.03. The Morgan fingerprint density at radius 1 is 1.29 bits per heavy atom. The molecular formula is C13H14BrF3N2O2. The molecule has 1 aromatic rings. The predicted molar refractivity (Wildman–Crippen MR) is 74.5 cm³/mol. The highest BCUT2D eigenvalue weighted by Crippen LogP contribution is 2.32. The van der Waals surface area contributed by atoms with Gasteiger partial charge in [0.05, 0.1) is 11.1 Å². The number of carbonyl (C=O) groups is 2. The molecule has 21 heavy (non-hydrogen) atoms. The molecule has 0 radical (unpaired) electrons. The highest BCUT2D eigenvalue weighted by Gasteiger charge is 2.32. The molecule has 0 heterocycles. The maximum absolute atomic E-state index is 12.7. The average molecular weight is 367 g/mol. The van der Waals surface area contributed by atoms with Crippen LogP contribution in [0.25, 0.3) is 0 Å². The monoisotopic (exact) mass is 366 g/mol. The van der Waals surface area contributed by atoms with Gasteiger partial charge in [0.15, 0.2) is 0 Å². The summed E-state index contributed by atoms with van der Waals surface area (Å²) in [7, 11) is 0. The van der Waals surface area contributed by atoms with Crippen LogP contribution in [-0.4, -0.2) is 17.4 Å². The van der Waals surface area contributed by atoms with Crippen LogP contribution < -0.4 is 11.1 Å². The Hall–Kier alpha value is -1.57. The van der Waals surface area contributed by atoms with E-state index in [2.05, 4.69) is 21.2 Å². The van der Waals surface area contributed by atoms with Crippen molar-refractivity contribution in [1.82, 2.24) is 5.32 Å². The first-order valence-electron chi connectivity index (χ1n) is 5.90. The normalized spacial score (nSPS) is 12.1. The fourth-order valence-corrected chi connectivity index (χ4v) is 2.16. The fourth-order valence-electron chi connectivity index (χ4n) is 1.73. The number of hydrogen-bond acceptors (Lipinski definition) is 2. The molecular weight excluding hydrogens is 353 g/mol. The van der Waals surface area contributed by atoms with Crippen LogP contribution in [0, 0.1) is 0 Å². The lowest BCUT2D eigenvalue weighted by Gasteiger charge is -2.25. The van der Waals surface area contributed by atoms with E-state index >= 15 is 0 Å². The van der Waals surface area contributed by atoms with Gasteiger partial charge in [-0.05, 0) is 48.0 Å². The summed E-state index contributed by atoms with van der Waals surface area (Å²) < 4.78 is 38.2. The number of carbonyl (C=O) groups excluding carboxylic acids is 2. The van der Waals surface area contributed by atoms with E-state index in [0.717, 1.165) is 18.2 Å². The molecule has 2 amide bonds. The van der Waals surface area contributed by atoms with Gasteiger partial charge in [-0.15, -0.1) is 0 Å². The van der Waals surface area contributed by atoms with Crippen molar-refractivity contribution in [2.75, 3.05) is 0 Å². The number of rotatable bonds is 4. The van der Waals surface area contributed by atoms with E-state index in [1.54, 1.807) is 13.8 Å². The highest BCUT2D eigenvalue weighted by atomic mass is 79.9. The smallest absolute Gasteiger partial charge is 0.370 e. The molecule has 0 aliphatic rings. The van der Waals surface area contributed by atoms with E-state index in [1.165, 1.54) is 0 Å². The molecule has 0 bridgehead atoms. The van der Waals surface area contributed by atoms with Crippen molar-refractivity contribution < 1.29 is 22.8 Å². The molecule has 4 nitrogen and oxygen atoms in total. The number of hydrogen-bond donors (Lipinski definition) is 2. The van der Waals surface area contributed by atoms with Gasteiger partial charge in [-0.25, -0.2) is 0 Å². The van der Waals surface area contributed by atoms with Crippen LogP contribution in [0.1, 0.15) is 36.2 Å². The molecule has 0 saturated heterocycles. The highest BCUT2D eigenvalue weighted by molar-refractivity contribution is 9.10. The molecule has 0 aliphatic heterocycles. The van der Waals surface area contributed by atoms with Gasteiger partial charge >= 0.3 is 6.18 Å². The summed E-state index contributed by atoms with van der Waals surface area (Å²) >= 11 is 3.04. The number of alkyl halides is 3. The quantitative estimate of drug-likeness (QED) is 0.859. The van der Waals surface area contributed by atoms with E-state index < -0.39 is 29.1 Å². The summed E-state index contributed by atoms with van der Waals surface area (Å²) in [5, 5.41) is 2.49. The number of benzene rings is 1. The molecule has 0 atom stereocenters. The Balaban J connectivity index is 3.05. The summed E-state index contributed by atoms with van der Waals surface area (Å²) in [6.07, 6.45) is -4.67. The first-order valence-corrected chi connectivity index (χ1v) is 6.69. The Kier molecular flexibility index (Phi) is 5.03. The lowest BCUT2D eigenvalue weighted by atomic mass is 9.99. The van der Waals surface area contributed by atoms with Crippen LogP contribution in [0.15, 0.2) is 22.7 Å². The third kappa shape index (κ3) is 5.04. The lowest BCUT2D eigenvalue weighted by molar-refractivity contribution is -0.137. The van der Waals surface area contributed by atoms with E-state index in [-0.39, 0.29) is 16.5 Å². The van der Waals surface area contributed by atoms with Crippen LogP contribution in [0.5, 0.6) is 0 Å². The van der Waals surface area contributed by atoms with Gasteiger partial charge in [0.2, 0.25) is 5.91 Å². The minimum absolute atomic E-state index is 0.130. The summed E-state index contributed by atoms with van der Waals surface area (Å²) in [5.74, 6) is -1.34. The van der Waals surface area contributed by atoms with Crippen LogP contribution >= 0.6 is 15.9 Å². The third-order valence-electron chi connectivity index (χ3n) is 2.61. The van der Waals surface area contributed by atoms with E-state index in [9.17, 15) is 22.8 Å². The minimum atomic E-state index is -4.54. The lowest BCUT2D eigenvalue weighted by Crippen LogP contribution is -2.46. The minimum Gasteiger partial charge on any atom is -0.370 e. The predicted octanol–water partition coefficient (Wildman–Crippen LogP) is 2.85. The van der Waals surface area contributed by atoms with Crippen LogP contribution in [0.3, 0.4) is 0 Å². The molecule has 0 spiro atoms. The summed E-state index contributed by atoms with van der Waals surface area (Å²) in [6, 6.07) is 2.77. The van der Waals surface area contributed by atoms with Gasteiger partial charge < -0.3 is 11.1 Å². The van der Waals surface area contributed by atoms with Crippen molar-refractivity contribution in [3.63, 3.8) is 0 Å². The average Bonchev–Trinajstić information content (AvgIpc) is 2.24. The summed E-state index contributed by atoms with van der Waals surface area (Å²) in [5.41, 5.74) is 3.00. The Morgan fingerprint density at radius 2 is 1.86 bits per heavy atom. The number of nitrogens with two attached hydrogens (primary N) is 1. The third-order valence-corrected chi connectivity index (χ3v) is 3.30. The number of primary amides is 1. The Morgan fingerprint density at radius 3 is 2.33 bits per heavy atom. The number of nitrogens with one attached hydrogen (secondary N) is 1. The molecule has 0 aliphatic carbocycles. The van der Waals surface area contributed by atoms with Crippen molar-refractivity contribution in [3.8, 4) is 0 Å². The number of halogens is 4. The molecule has 0 fully saturated rings. The maximum Gasteiger partial charge on any atom is 0.416 e. The van der Waals surface area contributed by atoms with Crippen molar-refractivity contribution in [1.29, 1.82) is 0 Å². The van der Waals surface area contributed by atoms with Gasteiger partial charge in [-0.3, -0.25) is 9.59 Å². The first kappa shape index (κ1) is 17.5. The molecule has 116 valence electrons. The topological polar surface area (TPSA) is 72.2 Å². The Bertz CT molecular complexity index is 571. The second-order valence-electron chi connectivity index (χ2n) is 5.17. The van der Waals surface area contributed by atoms with Crippen LogP contribution in [0.2, 0.25) is 0 Å². The molecule has 1 rings (SSSR count). The van der Waals surface area contributed by atoms with Crippen molar-refractivity contribution >= 4 is 27.7 Å².